The SMILES string of the molecule is c1ccc(-n2ccc3c2ccc2c4cc(N(c5ccc(-c6ncccn6)cc5)c5ccc6c(c5)C(c5ccccc5)(c5ccccc5)c5ccccc5-6)ccc4n(-c4ccccc4)c23)cc1. The Balaban J connectivity index is 1.06. The van der Waals surface area contributed by atoms with E-state index in [2.05, 4.69) is 255 Å². The lowest BCUT2D eigenvalue weighted by Gasteiger charge is -2.35. The third-order valence-corrected chi connectivity index (χ3v) is 13.5. The molecule has 0 saturated heterocycles. The van der Waals surface area contributed by atoms with Crippen molar-refractivity contribution in [1.82, 2.24) is 19.1 Å². The summed E-state index contributed by atoms with van der Waals surface area (Å²) < 4.78 is 4.72. The smallest absolute Gasteiger partial charge is 0.159 e. The Morgan fingerprint density at radius 2 is 0.970 bits per heavy atom. The molecule has 3 aromatic heterocycles. The van der Waals surface area contributed by atoms with Crippen LogP contribution in [0.5, 0.6) is 0 Å². The zero-order valence-corrected chi connectivity index (χ0v) is 35.9. The number of rotatable bonds is 8. The van der Waals surface area contributed by atoms with Crippen LogP contribution in [0.15, 0.2) is 249 Å². The van der Waals surface area contributed by atoms with Crippen molar-refractivity contribution >= 4 is 49.8 Å². The molecule has 0 amide bonds. The van der Waals surface area contributed by atoms with E-state index in [0.29, 0.717) is 5.82 Å². The summed E-state index contributed by atoms with van der Waals surface area (Å²) in [6.07, 6.45) is 5.78. The molecule has 12 aromatic rings. The maximum absolute atomic E-state index is 4.57. The lowest BCUT2D eigenvalue weighted by molar-refractivity contribution is 0.768. The number of aromatic nitrogens is 4. The number of nitrogens with zero attached hydrogens (tertiary/aromatic N) is 5. The van der Waals surface area contributed by atoms with E-state index < -0.39 is 5.41 Å². The molecule has 0 aliphatic heterocycles. The lowest BCUT2D eigenvalue weighted by Crippen LogP contribution is -2.28. The van der Waals surface area contributed by atoms with Gasteiger partial charge in [0, 0.05) is 68.7 Å². The molecule has 5 heteroatoms. The molecule has 0 spiro atoms. The molecule has 0 N–H and O–H groups in total. The van der Waals surface area contributed by atoms with Gasteiger partial charge in [-0.05, 0) is 130 Å². The van der Waals surface area contributed by atoms with Crippen LogP contribution in [-0.4, -0.2) is 19.1 Å². The van der Waals surface area contributed by atoms with Crippen LogP contribution in [0.25, 0.3) is 66.6 Å². The van der Waals surface area contributed by atoms with E-state index in [4.69, 9.17) is 0 Å². The second kappa shape index (κ2) is 15.2. The Morgan fingerprint density at radius 1 is 0.394 bits per heavy atom. The van der Waals surface area contributed by atoms with Crippen LogP contribution in [-0.2, 0) is 5.41 Å². The molecule has 66 heavy (non-hydrogen) atoms. The molecule has 9 aromatic carbocycles. The average Bonchev–Trinajstić information content (AvgIpc) is 4.07. The van der Waals surface area contributed by atoms with Crippen molar-refractivity contribution in [1.29, 1.82) is 0 Å². The van der Waals surface area contributed by atoms with Crippen LogP contribution < -0.4 is 4.90 Å². The molecule has 1 aliphatic rings. The number of benzene rings is 9. The first-order chi connectivity index (χ1) is 32.8. The minimum Gasteiger partial charge on any atom is -0.316 e. The minimum absolute atomic E-state index is 0.542. The maximum Gasteiger partial charge on any atom is 0.159 e. The Labute approximate surface area is 382 Å². The summed E-state index contributed by atoms with van der Waals surface area (Å²) >= 11 is 0. The third-order valence-electron chi connectivity index (χ3n) is 13.5. The molecule has 0 fully saturated rings. The van der Waals surface area contributed by atoms with Crippen molar-refractivity contribution in [3.05, 3.63) is 271 Å². The average molecular weight is 844 g/mol. The Bertz CT molecular complexity index is 3690. The minimum atomic E-state index is -0.542. The third kappa shape index (κ3) is 5.73. The molecule has 5 nitrogen and oxygen atoms in total. The molecule has 0 bridgehead atoms. The fourth-order valence-electron chi connectivity index (χ4n) is 10.7. The predicted octanol–water partition coefficient (Wildman–Crippen LogP) is 15.0. The van der Waals surface area contributed by atoms with Crippen LogP contribution in [0.4, 0.5) is 17.1 Å². The molecule has 13 rings (SSSR count). The van der Waals surface area contributed by atoms with Crippen LogP contribution in [0.3, 0.4) is 0 Å². The van der Waals surface area contributed by atoms with E-state index in [0.717, 1.165) is 45.0 Å². The van der Waals surface area contributed by atoms with Gasteiger partial charge in [-0.2, -0.15) is 0 Å². The fraction of sp³-hybridized carbons (Fsp3) is 0.0164. The van der Waals surface area contributed by atoms with Crippen LogP contribution in [0, 0.1) is 0 Å². The zero-order valence-electron chi connectivity index (χ0n) is 35.9. The number of para-hydroxylation sites is 2. The highest BCUT2D eigenvalue weighted by Gasteiger charge is 2.46. The van der Waals surface area contributed by atoms with Crippen molar-refractivity contribution in [2.24, 2.45) is 0 Å². The van der Waals surface area contributed by atoms with Gasteiger partial charge in [0.2, 0.25) is 0 Å². The summed E-state index contributed by atoms with van der Waals surface area (Å²) in [6.45, 7) is 0. The van der Waals surface area contributed by atoms with E-state index in [-0.39, 0.29) is 0 Å². The van der Waals surface area contributed by atoms with Crippen LogP contribution >= 0.6 is 0 Å². The van der Waals surface area contributed by atoms with E-state index in [1.54, 1.807) is 12.4 Å². The van der Waals surface area contributed by atoms with Gasteiger partial charge in [0.1, 0.15) is 0 Å². The normalized spacial score (nSPS) is 12.7. The van der Waals surface area contributed by atoms with Crippen molar-refractivity contribution < 1.29 is 0 Å². The molecular formula is C61H41N5. The van der Waals surface area contributed by atoms with Gasteiger partial charge in [-0.1, -0.05) is 133 Å². The molecule has 0 atom stereocenters. The number of fused-ring (bicyclic) bond motifs is 8. The molecule has 310 valence electrons. The summed E-state index contributed by atoms with van der Waals surface area (Å²) in [5.74, 6) is 0.698. The number of anilines is 3. The van der Waals surface area contributed by atoms with Gasteiger partial charge in [-0.3, -0.25) is 0 Å². The predicted molar refractivity (Wildman–Crippen MR) is 271 cm³/mol. The molecular weight excluding hydrogens is 803 g/mol. The van der Waals surface area contributed by atoms with Gasteiger partial charge in [0.25, 0.3) is 0 Å². The second-order valence-corrected chi connectivity index (χ2v) is 17.0. The molecule has 0 radical (unpaired) electrons. The highest BCUT2D eigenvalue weighted by atomic mass is 15.1. The van der Waals surface area contributed by atoms with Crippen LogP contribution in [0.2, 0.25) is 0 Å². The molecule has 3 heterocycles. The summed E-state index contributed by atoms with van der Waals surface area (Å²) in [6, 6.07) is 83.7. The van der Waals surface area contributed by atoms with Gasteiger partial charge < -0.3 is 14.0 Å². The van der Waals surface area contributed by atoms with Crippen molar-refractivity contribution in [2.45, 2.75) is 5.41 Å². The summed E-state index contributed by atoms with van der Waals surface area (Å²) in [4.78, 5) is 11.6. The van der Waals surface area contributed by atoms with Crippen molar-refractivity contribution in [2.75, 3.05) is 4.90 Å². The first kappa shape index (κ1) is 37.7. The van der Waals surface area contributed by atoms with E-state index in [1.165, 1.54) is 55.1 Å². The van der Waals surface area contributed by atoms with Gasteiger partial charge in [0.15, 0.2) is 5.82 Å². The zero-order chi connectivity index (χ0) is 43.6. The largest absolute Gasteiger partial charge is 0.316 e. The first-order valence-electron chi connectivity index (χ1n) is 22.5. The van der Waals surface area contributed by atoms with Gasteiger partial charge >= 0.3 is 0 Å². The molecule has 0 unspecified atom stereocenters. The summed E-state index contributed by atoms with van der Waals surface area (Å²) in [5, 5.41) is 3.57. The highest BCUT2D eigenvalue weighted by molar-refractivity contribution is 6.19. The number of hydrogen-bond acceptors (Lipinski definition) is 3. The Morgan fingerprint density at radius 3 is 1.68 bits per heavy atom. The highest BCUT2D eigenvalue weighted by Crippen LogP contribution is 2.57. The first-order valence-corrected chi connectivity index (χ1v) is 22.5. The van der Waals surface area contributed by atoms with E-state index in [1.807, 2.05) is 6.07 Å². The summed E-state index contributed by atoms with van der Waals surface area (Å²) in [5.41, 5.74) is 16.8. The van der Waals surface area contributed by atoms with E-state index in [9.17, 15) is 0 Å². The van der Waals surface area contributed by atoms with Gasteiger partial charge in [-0.15, -0.1) is 0 Å². The quantitative estimate of drug-likeness (QED) is 0.153. The summed E-state index contributed by atoms with van der Waals surface area (Å²) in [7, 11) is 0. The number of hydrogen-bond donors (Lipinski definition) is 0. The molecule has 0 saturated carbocycles. The second-order valence-electron chi connectivity index (χ2n) is 17.0. The topological polar surface area (TPSA) is 38.9 Å². The fourth-order valence-corrected chi connectivity index (χ4v) is 10.7. The van der Waals surface area contributed by atoms with Gasteiger partial charge in [0.05, 0.1) is 22.0 Å². The van der Waals surface area contributed by atoms with Gasteiger partial charge in [-0.25, -0.2) is 9.97 Å². The Hall–Kier alpha value is -8.80. The monoisotopic (exact) mass is 843 g/mol. The van der Waals surface area contributed by atoms with Crippen molar-refractivity contribution in [3.8, 4) is 33.9 Å². The van der Waals surface area contributed by atoms with E-state index >= 15 is 0 Å². The maximum atomic E-state index is 4.57. The standard InChI is InChI=1S/C61H41N5/c1-5-16-43(17-6-1)61(44-18-7-2-8-19-44)55-25-14-13-24-50(55)51-32-30-49(41-56(51)61)65(47-28-26-42(27-29-47)60-62-37-15-38-63-60)48-31-34-58-54(40-48)52-33-35-57-53(36-39-64(57)45-20-9-3-10-21-45)59(52)66(58)46-22-11-4-12-23-46/h1-41H. The molecule has 1 aliphatic carbocycles. The lowest BCUT2D eigenvalue weighted by atomic mass is 9.67. The Kier molecular flexibility index (Phi) is 8.68. The van der Waals surface area contributed by atoms with Crippen molar-refractivity contribution in [3.63, 3.8) is 0 Å². The van der Waals surface area contributed by atoms with Crippen LogP contribution in [0.1, 0.15) is 22.3 Å².